The van der Waals surface area contributed by atoms with Gasteiger partial charge in [-0.1, -0.05) is 50.4 Å². The number of hydrogen-bond acceptors (Lipinski definition) is 3. The monoisotopic (exact) mass is 282 g/mol. The molecule has 2 N–H and O–H groups in total. The van der Waals surface area contributed by atoms with Crippen molar-refractivity contribution in [1.29, 1.82) is 0 Å². The minimum atomic E-state index is -1.02. The Kier molecular flexibility index (Phi) is 4.50. The van der Waals surface area contributed by atoms with Crippen LogP contribution in [-0.4, -0.2) is 16.3 Å². The lowest BCUT2D eigenvalue weighted by Crippen LogP contribution is -2.26. The third-order valence-corrected chi connectivity index (χ3v) is 3.96. The van der Waals surface area contributed by atoms with Gasteiger partial charge in [0.15, 0.2) is 5.58 Å². The molecule has 0 bridgehead atoms. The summed E-state index contributed by atoms with van der Waals surface area (Å²) in [6.07, 6.45) is -0.214. The molecule has 104 valence electrons. The quantitative estimate of drug-likeness (QED) is 0.874. The molecule has 0 radical (unpaired) electrons. The average molecular weight is 283 g/mol. The molecule has 2 atom stereocenters. The topological polar surface area (TPSA) is 53.6 Å². The Morgan fingerprint density at radius 3 is 2.47 bits per heavy atom. The number of halogens is 1. The van der Waals surface area contributed by atoms with E-state index in [1.807, 2.05) is 26.0 Å². The van der Waals surface area contributed by atoms with E-state index in [-0.39, 0.29) is 5.92 Å². The van der Waals surface area contributed by atoms with Gasteiger partial charge in [-0.2, -0.15) is 0 Å². The largest absolute Gasteiger partial charge is 0.457 e. The van der Waals surface area contributed by atoms with E-state index < -0.39 is 12.2 Å². The molecule has 0 saturated carbocycles. The van der Waals surface area contributed by atoms with E-state index in [1.54, 1.807) is 12.1 Å². The summed E-state index contributed by atoms with van der Waals surface area (Å²) in [5.74, 6) is 0.418. The second-order valence-electron chi connectivity index (χ2n) is 4.82. The minimum absolute atomic E-state index is 0.0543. The first-order valence-electron chi connectivity index (χ1n) is 6.62. The van der Waals surface area contributed by atoms with Crippen LogP contribution in [0.15, 0.2) is 28.7 Å². The molecular formula is C15H19ClO3. The lowest BCUT2D eigenvalue weighted by Gasteiger charge is -2.23. The Bertz CT molecular complexity index is 545. The molecule has 1 heterocycles. The SMILES string of the molecule is CCC(CC)C(O)C(O)c1cc2cccc(Cl)c2o1. The average Bonchev–Trinajstić information content (AvgIpc) is 2.84. The summed E-state index contributed by atoms with van der Waals surface area (Å²) in [5, 5.41) is 21.7. The van der Waals surface area contributed by atoms with Crippen LogP contribution < -0.4 is 0 Å². The van der Waals surface area contributed by atoms with Gasteiger partial charge >= 0.3 is 0 Å². The molecule has 0 aliphatic rings. The molecule has 2 rings (SSSR count). The fourth-order valence-electron chi connectivity index (χ4n) is 2.39. The summed E-state index contributed by atoms with van der Waals surface area (Å²) >= 11 is 6.03. The molecule has 0 fully saturated rings. The van der Waals surface area contributed by atoms with Gasteiger partial charge in [-0.15, -0.1) is 0 Å². The Balaban J connectivity index is 2.31. The fourth-order valence-corrected chi connectivity index (χ4v) is 2.61. The summed E-state index contributed by atoms with van der Waals surface area (Å²) in [6.45, 7) is 4.00. The minimum Gasteiger partial charge on any atom is -0.457 e. The first-order valence-corrected chi connectivity index (χ1v) is 7.00. The fraction of sp³-hybridized carbons (Fsp3) is 0.467. The highest BCUT2D eigenvalue weighted by Crippen LogP contribution is 2.32. The summed E-state index contributed by atoms with van der Waals surface area (Å²) in [5.41, 5.74) is 0.551. The van der Waals surface area contributed by atoms with Crippen molar-refractivity contribution in [1.82, 2.24) is 0 Å². The van der Waals surface area contributed by atoms with E-state index >= 15 is 0 Å². The maximum atomic E-state index is 10.2. The normalized spacial score (nSPS) is 15.1. The number of aliphatic hydroxyl groups is 2. The highest BCUT2D eigenvalue weighted by atomic mass is 35.5. The summed E-state index contributed by atoms with van der Waals surface area (Å²) in [7, 11) is 0. The first-order chi connectivity index (χ1) is 9.08. The molecule has 1 aromatic heterocycles. The number of hydrogen-bond donors (Lipinski definition) is 2. The van der Waals surface area contributed by atoms with Gasteiger partial charge < -0.3 is 14.6 Å². The van der Waals surface area contributed by atoms with Gasteiger partial charge in [0.25, 0.3) is 0 Å². The van der Waals surface area contributed by atoms with E-state index in [2.05, 4.69) is 0 Å². The van der Waals surface area contributed by atoms with Crippen LogP contribution in [0.1, 0.15) is 38.6 Å². The Morgan fingerprint density at radius 1 is 1.21 bits per heavy atom. The number of fused-ring (bicyclic) bond motifs is 1. The third kappa shape index (κ3) is 2.78. The molecule has 1 aromatic carbocycles. The lowest BCUT2D eigenvalue weighted by molar-refractivity contribution is -0.0304. The van der Waals surface area contributed by atoms with Crippen molar-refractivity contribution < 1.29 is 14.6 Å². The van der Waals surface area contributed by atoms with Crippen molar-refractivity contribution in [3.8, 4) is 0 Å². The molecule has 0 aliphatic carbocycles. The second kappa shape index (κ2) is 5.95. The van der Waals surface area contributed by atoms with Gasteiger partial charge in [-0.25, -0.2) is 0 Å². The predicted molar refractivity (Wildman–Crippen MR) is 76.3 cm³/mol. The van der Waals surface area contributed by atoms with Gasteiger partial charge in [0.1, 0.15) is 11.9 Å². The molecule has 4 heteroatoms. The van der Waals surface area contributed by atoms with Gasteiger partial charge in [0, 0.05) is 5.39 Å². The van der Waals surface area contributed by atoms with Crippen LogP contribution >= 0.6 is 11.6 Å². The van der Waals surface area contributed by atoms with Crippen LogP contribution in [0.4, 0.5) is 0 Å². The van der Waals surface area contributed by atoms with Gasteiger partial charge in [-0.05, 0) is 18.1 Å². The van der Waals surface area contributed by atoms with Gasteiger partial charge in [-0.3, -0.25) is 0 Å². The number of rotatable bonds is 5. The van der Waals surface area contributed by atoms with Crippen LogP contribution in [0.25, 0.3) is 11.0 Å². The molecule has 0 amide bonds. The zero-order valence-corrected chi connectivity index (χ0v) is 11.9. The van der Waals surface area contributed by atoms with Crippen LogP contribution in [0, 0.1) is 5.92 Å². The van der Waals surface area contributed by atoms with Crippen molar-refractivity contribution in [3.05, 3.63) is 35.0 Å². The molecule has 2 unspecified atom stereocenters. The van der Waals surface area contributed by atoms with Gasteiger partial charge in [0.2, 0.25) is 0 Å². The van der Waals surface area contributed by atoms with E-state index in [1.165, 1.54) is 0 Å². The third-order valence-electron chi connectivity index (χ3n) is 3.66. The smallest absolute Gasteiger partial charge is 0.152 e. The van der Waals surface area contributed by atoms with Crippen LogP contribution in [-0.2, 0) is 0 Å². The van der Waals surface area contributed by atoms with E-state index in [4.69, 9.17) is 16.0 Å². The Labute approximate surface area is 117 Å². The van der Waals surface area contributed by atoms with Crippen molar-refractivity contribution >= 4 is 22.6 Å². The molecule has 0 spiro atoms. The Hall–Kier alpha value is -1.03. The molecule has 3 nitrogen and oxygen atoms in total. The molecule has 2 aromatic rings. The standard InChI is InChI=1S/C15H19ClO3/c1-3-9(4-2)13(17)14(18)12-8-10-6-5-7-11(16)15(10)19-12/h5-9,13-14,17-18H,3-4H2,1-2H3. The van der Waals surface area contributed by atoms with E-state index in [0.29, 0.717) is 16.4 Å². The highest BCUT2D eigenvalue weighted by Gasteiger charge is 2.27. The van der Waals surface area contributed by atoms with Crippen molar-refractivity contribution in [2.75, 3.05) is 0 Å². The zero-order valence-electron chi connectivity index (χ0n) is 11.1. The maximum Gasteiger partial charge on any atom is 0.152 e. The molecule has 19 heavy (non-hydrogen) atoms. The summed E-state index contributed by atoms with van der Waals surface area (Å²) in [4.78, 5) is 0. The molecular weight excluding hydrogens is 264 g/mol. The van der Waals surface area contributed by atoms with Crippen molar-refractivity contribution in [2.45, 2.75) is 38.9 Å². The van der Waals surface area contributed by atoms with Crippen LogP contribution in [0.2, 0.25) is 5.02 Å². The van der Waals surface area contributed by atoms with Crippen molar-refractivity contribution in [2.24, 2.45) is 5.92 Å². The van der Waals surface area contributed by atoms with E-state index in [0.717, 1.165) is 18.2 Å². The van der Waals surface area contributed by atoms with Gasteiger partial charge in [0.05, 0.1) is 11.1 Å². The maximum absolute atomic E-state index is 10.2. The number of benzene rings is 1. The van der Waals surface area contributed by atoms with Crippen molar-refractivity contribution in [3.63, 3.8) is 0 Å². The molecule has 0 aliphatic heterocycles. The second-order valence-corrected chi connectivity index (χ2v) is 5.23. The van der Waals surface area contributed by atoms with E-state index in [9.17, 15) is 10.2 Å². The predicted octanol–water partition coefficient (Wildman–Crippen LogP) is 3.92. The Morgan fingerprint density at radius 2 is 1.89 bits per heavy atom. The number of aliphatic hydroxyl groups excluding tert-OH is 2. The zero-order chi connectivity index (χ0) is 14.0. The van der Waals surface area contributed by atoms with Crippen LogP contribution in [0.3, 0.4) is 0 Å². The number of furan rings is 1. The number of para-hydroxylation sites is 1. The highest BCUT2D eigenvalue weighted by molar-refractivity contribution is 6.34. The first kappa shape index (κ1) is 14.4. The lowest BCUT2D eigenvalue weighted by atomic mass is 9.92. The van der Waals surface area contributed by atoms with Crippen LogP contribution in [0.5, 0.6) is 0 Å². The summed E-state index contributed by atoms with van der Waals surface area (Å²) < 4.78 is 5.58. The molecule has 0 saturated heterocycles. The summed E-state index contributed by atoms with van der Waals surface area (Å²) in [6, 6.07) is 7.16.